The van der Waals surface area contributed by atoms with Crippen LogP contribution in [0.25, 0.3) is 11.3 Å². The molecule has 0 aliphatic carbocycles. The van der Waals surface area contributed by atoms with Crippen molar-refractivity contribution in [3.8, 4) is 22.8 Å². The number of ether oxygens (including phenoxy) is 2. The largest absolute Gasteiger partial charge is 0.586 e. The van der Waals surface area contributed by atoms with Gasteiger partial charge in [0.2, 0.25) is 0 Å². The lowest BCUT2D eigenvalue weighted by molar-refractivity contribution is -0.286. The first kappa shape index (κ1) is 19.4. The predicted molar refractivity (Wildman–Crippen MR) is 105 cm³/mol. The van der Waals surface area contributed by atoms with E-state index in [0.717, 1.165) is 11.1 Å². The van der Waals surface area contributed by atoms with E-state index in [9.17, 15) is 8.78 Å². The van der Waals surface area contributed by atoms with Crippen LogP contribution < -0.4 is 20.5 Å². The van der Waals surface area contributed by atoms with E-state index < -0.39 is 12.3 Å². The van der Waals surface area contributed by atoms with Crippen LogP contribution in [0, 0.1) is 6.92 Å². The third-order valence-electron chi connectivity index (χ3n) is 4.49. The fourth-order valence-corrected chi connectivity index (χ4v) is 3.07. The third-order valence-corrected chi connectivity index (χ3v) is 4.90. The van der Waals surface area contributed by atoms with Crippen molar-refractivity contribution in [1.82, 2.24) is 9.97 Å². The van der Waals surface area contributed by atoms with Crippen molar-refractivity contribution >= 4 is 17.4 Å². The van der Waals surface area contributed by atoms with Crippen molar-refractivity contribution in [3.05, 3.63) is 64.9 Å². The minimum atomic E-state index is -3.65. The number of aromatic nitrogens is 2. The van der Waals surface area contributed by atoms with Gasteiger partial charge in [-0.3, -0.25) is 0 Å². The lowest BCUT2D eigenvalue weighted by atomic mass is 10.1. The van der Waals surface area contributed by atoms with Crippen LogP contribution in [-0.4, -0.2) is 22.8 Å². The van der Waals surface area contributed by atoms with Gasteiger partial charge in [0.1, 0.15) is 12.1 Å². The van der Waals surface area contributed by atoms with Crippen LogP contribution in [0.4, 0.5) is 14.6 Å². The molecule has 2 aromatic carbocycles. The summed E-state index contributed by atoms with van der Waals surface area (Å²) in [7, 11) is 0. The Balaban J connectivity index is 1.45. The summed E-state index contributed by atoms with van der Waals surface area (Å²) in [6, 6.07) is 11.5. The Kier molecular flexibility index (Phi) is 4.97. The fraction of sp³-hybridized carbons (Fsp3) is 0.200. The Morgan fingerprint density at radius 1 is 1.10 bits per heavy atom. The smallest absolute Gasteiger partial charge is 0.395 e. The van der Waals surface area contributed by atoms with E-state index in [-0.39, 0.29) is 11.5 Å². The molecule has 3 aromatic rings. The molecule has 0 unspecified atom stereocenters. The summed E-state index contributed by atoms with van der Waals surface area (Å²) >= 11 is 6.19. The number of hydrogen-bond donors (Lipinski definition) is 2. The van der Waals surface area contributed by atoms with Crippen LogP contribution in [0.1, 0.15) is 17.2 Å². The van der Waals surface area contributed by atoms with Gasteiger partial charge in [0.05, 0.1) is 5.69 Å². The lowest BCUT2D eigenvalue weighted by Crippen LogP contribution is -2.26. The molecule has 2 heterocycles. The molecular formula is C20H17ClF2N4O2. The molecule has 150 valence electrons. The first-order valence-corrected chi connectivity index (χ1v) is 9.16. The number of halogens is 3. The lowest BCUT2D eigenvalue weighted by Gasteiger charge is -2.14. The molecule has 9 heteroatoms. The van der Waals surface area contributed by atoms with Crippen LogP contribution in [0.5, 0.6) is 11.5 Å². The molecule has 0 fully saturated rings. The van der Waals surface area contributed by atoms with Crippen LogP contribution in [-0.2, 0) is 0 Å². The zero-order valence-corrected chi connectivity index (χ0v) is 16.1. The summed E-state index contributed by atoms with van der Waals surface area (Å²) in [6.07, 6.45) is -2.21. The van der Waals surface area contributed by atoms with Gasteiger partial charge in [0.15, 0.2) is 11.5 Å². The highest BCUT2D eigenvalue weighted by molar-refractivity contribution is 6.31. The predicted octanol–water partition coefficient (Wildman–Crippen LogP) is 4.54. The zero-order valence-electron chi connectivity index (χ0n) is 15.3. The van der Waals surface area contributed by atoms with Gasteiger partial charge in [-0.1, -0.05) is 29.8 Å². The number of fused-ring (bicyclic) bond motifs is 1. The van der Waals surface area contributed by atoms with Crippen molar-refractivity contribution < 1.29 is 18.3 Å². The van der Waals surface area contributed by atoms with Gasteiger partial charge in [-0.15, -0.1) is 8.78 Å². The maximum atomic E-state index is 13.2. The second-order valence-electron chi connectivity index (χ2n) is 6.61. The second-order valence-corrected chi connectivity index (χ2v) is 7.02. The fourth-order valence-electron chi connectivity index (χ4n) is 2.89. The van der Waals surface area contributed by atoms with Gasteiger partial charge >= 0.3 is 6.29 Å². The van der Waals surface area contributed by atoms with E-state index in [0.29, 0.717) is 28.6 Å². The average molecular weight is 419 g/mol. The standard InChI is InChI=1S/C20H17ClF2N4O2/c1-11-2-3-13(6-14(11)21)16-8-19(27-10-26-16)25-9-15(24)12-4-5-17-18(7-12)29-20(22,23)28-17/h2-8,10,15H,9,24H2,1H3,(H,25,26,27)/t15-/m1/s1. The zero-order chi connectivity index (χ0) is 20.6. The molecule has 1 atom stereocenters. The number of anilines is 1. The third kappa shape index (κ3) is 4.23. The topological polar surface area (TPSA) is 82.3 Å². The van der Waals surface area contributed by atoms with E-state index >= 15 is 0 Å². The molecule has 1 aliphatic heterocycles. The number of nitrogens with zero attached hydrogens (tertiary/aromatic N) is 2. The van der Waals surface area contributed by atoms with Crippen molar-refractivity contribution in [2.45, 2.75) is 19.3 Å². The molecule has 29 heavy (non-hydrogen) atoms. The van der Waals surface area contributed by atoms with Gasteiger partial charge in [0, 0.05) is 29.2 Å². The Hall–Kier alpha value is -2.97. The summed E-state index contributed by atoms with van der Waals surface area (Å²) in [6.45, 7) is 2.25. The van der Waals surface area contributed by atoms with Gasteiger partial charge in [-0.2, -0.15) is 0 Å². The molecule has 1 aliphatic rings. The normalized spacial score (nSPS) is 15.2. The molecule has 1 aromatic heterocycles. The first-order valence-electron chi connectivity index (χ1n) is 8.78. The molecule has 0 saturated carbocycles. The number of rotatable bonds is 5. The SMILES string of the molecule is Cc1ccc(-c2cc(NC[C@@H](N)c3ccc4c(c3)OC(F)(F)O4)ncn2)cc1Cl. The highest BCUT2D eigenvalue weighted by atomic mass is 35.5. The summed E-state index contributed by atoms with van der Waals surface area (Å²) in [5.41, 5.74) is 9.37. The van der Waals surface area contributed by atoms with Crippen molar-refractivity contribution in [3.63, 3.8) is 0 Å². The number of alkyl halides is 2. The Morgan fingerprint density at radius 3 is 2.69 bits per heavy atom. The minimum Gasteiger partial charge on any atom is -0.395 e. The van der Waals surface area contributed by atoms with E-state index in [4.69, 9.17) is 17.3 Å². The molecule has 0 saturated heterocycles. The quantitative estimate of drug-likeness (QED) is 0.633. The molecule has 6 nitrogen and oxygen atoms in total. The van der Waals surface area contributed by atoms with E-state index in [1.54, 1.807) is 12.1 Å². The Morgan fingerprint density at radius 2 is 1.90 bits per heavy atom. The Bertz CT molecular complexity index is 1060. The van der Waals surface area contributed by atoms with Crippen molar-refractivity contribution in [2.75, 3.05) is 11.9 Å². The molecule has 0 bridgehead atoms. The second kappa shape index (κ2) is 7.46. The summed E-state index contributed by atoms with van der Waals surface area (Å²) in [4.78, 5) is 8.47. The summed E-state index contributed by atoms with van der Waals surface area (Å²) < 4.78 is 35.2. The molecule has 0 radical (unpaired) electrons. The van der Waals surface area contributed by atoms with E-state index in [1.807, 2.05) is 25.1 Å². The highest BCUT2D eigenvalue weighted by Crippen LogP contribution is 2.41. The van der Waals surface area contributed by atoms with Crippen LogP contribution >= 0.6 is 11.6 Å². The first-order chi connectivity index (χ1) is 13.8. The molecule has 0 amide bonds. The average Bonchev–Trinajstić information content (AvgIpc) is 3.01. The highest BCUT2D eigenvalue weighted by Gasteiger charge is 2.43. The van der Waals surface area contributed by atoms with Crippen LogP contribution in [0.2, 0.25) is 5.02 Å². The maximum Gasteiger partial charge on any atom is 0.586 e. The number of benzene rings is 2. The van der Waals surface area contributed by atoms with E-state index in [2.05, 4.69) is 24.8 Å². The van der Waals surface area contributed by atoms with Gasteiger partial charge in [0.25, 0.3) is 0 Å². The van der Waals surface area contributed by atoms with Crippen LogP contribution in [0.3, 0.4) is 0 Å². The Labute approximate surface area is 170 Å². The molecule has 0 spiro atoms. The number of nitrogens with two attached hydrogens (primary N) is 1. The molecular weight excluding hydrogens is 402 g/mol. The van der Waals surface area contributed by atoms with Crippen molar-refractivity contribution in [2.24, 2.45) is 5.73 Å². The number of aryl methyl sites for hydroxylation is 1. The molecule has 4 rings (SSSR count). The van der Waals surface area contributed by atoms with Gasteiger partial charge in [-0.25, -0.2) is 9.97 Å². The van der Waals surface area contributed by atoms with Crippen LogP contribution in [0.15, 0.2) is 48.8 Å². The molecule has 3 N–H and O–H groups in total. The number of nitrogens with one attached hydrogen (secondary N) is 1. The maximum absolute atomic E-state index is 13.2. The monoisotopic (exact) mass is 418 g/mol. The van der Waals surface area contributed by atoms with E-state index in [1.165, 1.54) is 18.5 Å². The van der Waals surface area contributed by atoms with Crippen molar-refractivity contribution in [1.29, 1.82) is 0 Å². The van der Waals surface area contributed by atoms with Gasteiger partial charge in [-0.05, 0) is 36.2 Å². The number of hydrogen-bond acceptors (Lipinski definition) is 6. The summed E-state index contributed by atoms with van der Waals surface area (Å²) in [5.74, 6) is 0.522. The minimum absolute atomic E-state index is 0.0175. The summed E-state index contributed by atoms with van der Waals surface area (Å²) in [5, 5.41) is 3.79. The van der Waals surface area contributed by atoms with Gasteiger partial charge < -0.3 is 20.5 Å².